The van der Waals surface area contributed by atoms with Crippen LogP contribution in [0, 0.1) is 5.92 Å². The molecule has 3 aromatic rings. The lowest BCUT2D eigenvalue weighted by molar-refractivity contribution is -0.164. The lowest BCUT2D eigenvalue weighted by Crippen LogP contribution is -2.47. The van der Waals surface area contributed by atoms with Gasteiger partial charge in [-0.1, -0.05) is 44.2 Å². The van der Waals surface area contributed by atoms with Crippen molar-refractivity contribution in [2.45, 2.75) is 44.5 Å². The van der Waals surface area contributed by atoms with Gasteiger partial charge in [-0.05, 0) is 5.56 Å². The molecule has 2 aliphatic rings. The van der Waals surface area contributed by atoms with Crippen LogP contribution in [0.5, 0.6) is 0 Å². The third-order valence-corrected chi connectivity index (χ3v) is 7.24. The number of rotatable bonds is 8. The Bertz CT molecular complexity index is 1450. The molecule has 2 fully saturated rings. The van der Waals surface area contributed by atoms with Crippen LogP contribution in [0.25, 0.3) is 11.2 Å². The van der Waals surface area contributed by atoms with E-state index in [1.807, 2.05) is 30.3 Å². The SMILES string of the molecule is CC(C)C(=O)Nc1nc2c(ncn2[C@@H]2O[C@@]3(CS(C)(=O)=O)CO[C@@H]2[C@@H]3OCc2ccccc2)c(=O)[nH]1. The van der Waals surface area contributed by atoms with Crippen molar-refractivity contribution < 1.29 is 27.4 Å². The zero-order valence-electron chi connectivity index (χ0n) is 20.0. The third kappa shape index (κ3) is 4.54. The quantitative estimate of drug-likeness (QED) is 0.445. The van der Waals surface area contributed by atoms with E-state index in [4.69, 9.17) is 14.2 Å². The van der Waals surface area contributed by atoms with Crippen LogP contribution in [0.1, 0.15) is 25.6 Å². The smallest absolute Gasteiger partial charge is 0.280 e. The Labute approximate surface area is 206 Å². The number of fused-ring (bicyclic) bond motifs is 3. The number of nitrogens with zero attached hydrogens (tertiary/aromatic N) is 3. The number of hydrogen-bond acceptors (Lipinski definition) is 9. The molecule has 4 atom stereocenters. The summed E-state index contributed by atoms with van der Waals surface area (Å²) in [5.41, 5.74) is -0.658. The zero-order valence-corrected chi connectivity index (χ0v) is 20.8. The molecule has 0 unspecified atom stereocenters. The molecule has 192 valence electrons. The highest BCUT2D eigenvalue weighted by Gasteiger charge is 2.64. The van der Waals surface area contributed by atoms with Crippen LogP contribution >= 0.6 is 0 Å². The molecule has 1 aromatic carbocycles. The monoisotopic (exact) mass is 517 g/mol. The Hall–Kier alpha value is -3.13. The number of nitrogens with one attached hydrogen (secondary N) is 2. The minimum atomic E-state index is -3.47. The minimum Gasteiger partial charge on any atom is -0.368 e. The highest BCUT2D eigenvalue weighted by Crippen LogP contribution is 2.48. The number of sulfone groups is 1. The molecule has 13 heteroatoms. The second-order valence-corrected chi connectivity index (χ2v) is 11.7. The van der Waals surface area contributed by atoms with Gasteiger partial charge in [-0.3, -0.25) is 24.5 Å². The summed E-state index contributed by atoms with van der Waals surface area (Å²) >= 11 is 0. The number of benzene rings is 1. The maximum atomic E-state index is 12.6. The summed E-state index contributed by atoms with van der Waals surface area (Å²) in [5, 5.41) is 2.58. The first-order chi connectivity index (χ1) is 17.1. The lowest BCUT2D eigenvalue weighted by Gasteiger charge is -2.31. The number of aromatic amines is 1. The van der Waals surface area contributed by atoms with Gasteiger partial charge in [-0.2, -0.15) is 4.98 Å². The number of aromatic nitrogens is 4. The molecule has 12 nitrogen and oxygen atoms in total. The van der Waals surface area contributed by atoms with Gasteiger partial charge in [0.15, 0.2) is 17.4 Å². The molecule has 4 heterocycles. The molecule has 5 rings (SSSR count). The fourth-order valence-corrected chi connectivity index (χ4v) is 5.81. The Balaban J connectivity index is 1.50. The molecule has 2 N–H and O–H groups in total. The van der Waals surface area contributed by atoms with Gasteiger partial charge in [0.25, 0.3) is 5.56 Å². The van der Waals surface area contributed by atoms with Crippen LogP contribution in [-0.4, -0.2) is 70.3 Å². The number of carbonyl (C=O) groups is 1. The zero-order chi connectivity index (χ0) is 25.7. The predicted octanol–water partition coefficient (Wildman–Crippen LogP) is 1.01. The Morgan fingerprint density at radius 3 is 2.78 bits per heavy atom. The van der Waals surface area contributed by atoms with E-state index in [1.165, 1.54) is 10.9 Å². The molecule has 2 saturated heterocycles. The molecule has 1 amide bonds. The maximum absolute atomic E-state index is 12.6. The molecule has 0 radical (unpaired) electrons. The van der Waals surface area contributed by atoms with Crippen LogP contribution in [0.3, 0.4) is 0 Å². The fraction of sp³-hybridized carbons (Fsp3) is 0.478. The van der Waals surface area contributed by atoms with E-state index in [1.54, 1.807) is 13.8 Å². The normalized spacial score (nSPS) is 25.6. The van der Waals surface area contributed by atoms with E-state index in [2.05, 4.69) is 20.3 Å². The van der Waals surface area contributed by atoms with Gasteiger partial charge in [0.2, 0.25) is 11.9 Å². The number of amides is 1. The summed E-state index contributed by atoms with van der Waals surface area (Å²) in [7, 11) is -3.47. The first-order valence-corrected chi connectivity index (χ1v) is 13.5. The average molecular weight is 518 g/mol. The van der Waals surface area contributed by atoms with Crippen molar-refractivity contribution in [1.82, 2.24) is 19.5 Å². The molecule has 2 aliphatic heterocycles. The molecule has 36 heavy (non-hydrogen) atoms. The van der Waals surface area contributed by atoms with Gasteiger partial charge in [0.05, 0.1) is 25.3 Å². The number of hydrogen-bond donors (Lipinski definition) is 2. The highest BCUT2D eigenvalue weighted by atomic mass is 32.2. The van der Waals surface area contributed by atoms with E-state index in [0.717, 1.165) is 11.8 Å². The van der Waals surface area contributed by atoms with E-state index in [9.17, 15) is 18.0 Å². The van der Waals surface area contributed by atoms with Crippen molar-refractivity contribution in [2.24, 2.45) is 5.92 Å². The van der Waals surface area contributed by atoms with Crippen LogP contribution in [0.2, 0.25) is 0 Å². The Morgan fingerprint density at radius 1 is 1.33 bits per heavy atom. The minimum absolute atomic E-state index is 0.0280. The summed E-state index contributed by atoms with van der Waals surface area (Å²) in [6.07, 6.45) is 0.295. The molecule has 2 aromatic heterocycles. The van der Waals surface area contributed by atoms with Gasteiger partial charge >= 0.3 is 0 Å². The maximum Gasteiger partial charge on any atom is 0.280 e. The van der Waals surface area contributed by atoms with Crippen molar-refractivity contribution in [1.29, 1.82) is 0 Å². The van der Waals surface area contributed by atoms with Gasteiger partial charge in [-0.15, -0.1) is 0 Å². The second-order valence-electron chi connectivity index (χ2n) is 9.52. The number of anilines is 1. The van der Waals surface area contributed by atoms with Crippen LogP contribution < -0.4 is 10.9 Å². The summed E-state index contributed by atoms with van der Waals surface area (Å²) in [6, 6.07) is 9.49. The first kappa shape index (κ1) is 24.6. The number of ether oxygens (including phenoxy) is 3. The molecule has 0 aliphatic carbocycles. The summed E-state index contributed by atoms with van der Waals surface area (Å²) < 4.78 is 44.7. The van der Waals surface area contributed by atoms with Gasteiger partial charge in [-0.25, -0.2) is 13.4 Å². The van der Waals surface area contributed by atoms with E-state index >= 15 is 0 Å². The Morgan fingerprint density at radius 2 is 2.08 bits per heavy atom. The number of imidazole rings is 1. The molecule has 0 saturated carbocycles. The van der Waals surface area contributed by atoms with Crippen molar-refractivity contribution in [3.8, 4) is 0 Å². The summed E-state index contributed by atoms with van der Waals surface area (Å²) in [5.74, 6) is -0.969. The topological polar surface area (TPSA) is 154 Å². The van der Waals surface area contributed by atoms with Gasteiger partial charge in [0.1, 0.15) is 27.6 Å². The average Bonchev–Trinajstić information content (AvgIpc) is 3.46. The van der Waals surface area contributed by atoms with Crippen molar-refractivity contribution in [3.05, 3.63) is 52.6 Å². The van der Waals surface area contributed by atoms with E-state index in [-0.39, 0.29) is 47.9 Å². The Kier molecular flexibility index (Phi) is 6.19. The van der Waals surface area contributed by atoms with E-state index < -0.39 is 39.4 Å². The number of carbonyl (C=O) groups excluding carboxylic acids is 1. The van der Waals surface area contributed by atoms with Crippen molar-refractivity contribution in [2.75, 3.05) is 23.9 Å². The number of H-pyrrole nitrogens is 1. The van der Waals surface area contributed by atoms with Crippen LogP contribution in [-0.2, 0) is 35.4 Å². The van der Waals surface area contributed by atoms with Crippen LogP contribution in [0.4, 0.5) is 5.95 Å². The molecule has 2 bridgehead atoms. The highest BCUT2D eigenvalue weighted by molar-refractivity contribution is 7.90. The molecule has 0 spiro atoms. The second kappa shape index (κ2) is 9.07. The first-order valence-electron chi connectivity index (χ1n) is 11.5. The van der Waals surface area contributed by atoms with E-state index in [0.29, 0.717) is 0 Å². The van der Waals surface area contributed by atoms with Gasteiger partial charge in [0, 0.05) is 12.2 Å². The van der Waals surface area contributed by atoms with Crippen LogP contribution in [0.15, 0.2) is 41.5 Å². The van der Waals surface area contributed by atoms with Crippen molar-refractivity contribution in [3.63, 3.8) is 0 Å². The van der Waals surface area contributed by atoms with Gasteiger partial charge < -0.3 is 14.2 Å². The lowest BCUT2D eigenvalue weighted by atomic mass is 10.0. The van der Waals surface area contributed by atoms with Crippen molar-refractivity contribution >= 4 is 32.9 Å². The molecular formula is C23H27N5O7S. The molecular weight excluding hydrogens is 490 g/mol. The fourth-order valence-electron chi connectivity index (χ4n) is 4.60. The summed E-state index contributed by atoms with van der Waals surface area (Å²) in [4.78, 5) is 35.8. The summed E-state index contributed by atoms with van der Waals surface area (Å²) in [6.45, 7) is 3.71. The predicted molar refractivity (Wildman–Crippen MR) is 129 cm³/mol. The standard InChI is InChI=1S/C23H27N5O7S/c1-13(2)19(29)26-22-25-18-15(20(30)27-22)24-12-28(18)21-16-17(33-9-14-7-5-4-6-8-14)23(35-21,10-34-16)11-36(3,31)32/h4-8,12-13,16-17,21H,9-11H2,1-3H3,(H2,25,26,27,29,30)/t16-,17+,21-,23-/m1/s1. The third-order valence-electron chi connectivity index (χ3n) is 6.22. The largest absolute Gasteiger partial charge is 0.368 e.